The molecule has 8 heteroatoms. The van der Waals surface area contributed by atoms with E-state index in [0.717, 1.165) is 26.9 Å². The third-order valence-electron chi connectivity index (χ3n) is 4.74. The van der Waals surface area contributed by atoms with E-state index in [4.69, 9.17) is 32.7 Å². The molecule has 0 saturated carbocycles. The van der Waals surface area contributed by atoms with Gasteiger partial charge in [0, 0.05) is 16.7 Å². The molecule has 0 heterocycles. The van der Waals surface area contributed by atoms with Crippen molar-refractivity contribution in [1.82, 2.24) is 0 Å². The number of aryl methyl sites for hydroxylation is 1. The molecule has 0 bridgehead atoms. The number of carboxylic acids is 1. The van der Waals surface area contributed by atoms with Crippen LogP contribution in [-0.2, 0) is 13.2 Å². The predicted octanol–water partition coefficient (Wildman–Crippen LogP) is 7.35. The number of hydrogen-bond donors (Lipinski definition) is 2. The quantitative estimate of drug-likeness (QED) is 0.298. The Hall–Kier alpha value is -2.41. The smallest absolute Gasteiger partial charge is 0.335 e. The number of benzene rings is 3. The zero-order chi connectivity index (χ0) is 23.3. The van der Waals surface area contributed by atoms with Crippen molar-refractivity contribution in [3.63, 3.8) is 0 Å². The van der Waals surface area contributed by atoms with Crippen molar-refractivity contribution < 1.29 is 19.4 Å². The summed E-state index contributed by atoms with van der Waals surface area (Å²) >= 11 is 15.7. The average molecular weight is 539 g/mol. The van der Waals surface area contributed by atoms with Crippen LogP contribution in [0.1, 0.15) is 34.0 Å². The summed E-state index contributed by atoms with van der Waals surface area (Å²) in [7, 11) is 0. The number of ether oxygens (including phenoxy) is 2. The number of halogens is 3. The second-order valence-electron chi connectivity index (χ2n) is 7.05. The first-order chi connectivity index (χ1) is 15.3. The van der Waals surface area contributed by atoms with Crippen LogP contribution in [-0.4, -0.2) is 17.7 Å². The van der Waals surface area contributed by atoms with Crippen LogP contribution in [0, 0.1) is 6.92 Å². The van der Waals surface area contributed by atoms with Crippen molar-refractivity contribution in [2.24, 2.45) is 0 Å². The monoisotopic (exact) mass is 537 g/mol. The molecule has 0 aliphatic carbocycles. The Morgan fingerprint density at radius 2 is 1.78 bits per heavy atom. The lowest BCUT2D eigenvalue weighted by Crippen LogP contribution is -2.06. The number of carboxylic acid groups (broad SMARTS) is 1. The van der Waals surface area contributed by atoms with Crippen LogP contribution >= 0.6 is 39.1 Å². The Balaban J connectivity index is 1.78. The number of nitrogens with one attached hydrogen (secondary N) is 1. The molecule has 3 aromatic carbocycles. The Morgan fingerprint density at radius 3 is 2.47 bits per heavy atom. The number of aromatic carboxylic acids is 1. The summed E-state index contributed by atoms with van der Waals surface area (Å²) in [5.41, 5.74) is 3.78. The van der Waals surface area contributed by atoms with Gasteiger partial charge >= 0.3 is 5.97 Å². The van der Waals surface area contributed by atoms with Crippen LogP contribution in [0.25, 0.3) is 0 Å². The van der Waals surface area contributed by atoms with Crippen molar-refractivity contribution in [1.29, 1.82) is 0 Å². The number of carbonyl (C=O) groups is 1. The van der Waals surface area contributed by atoms with Crippen LogP contribution in [0.15, 0.2) is 53.0 Å². The zero-order valence-electron chi connectivity index (χ0n) is 17.5. The van der Waals surface area contributed by atoms with Gasteiger partial charge in [-0.15, -0.1) is 0 Å². The van der Waals surface area contributed by atoms with Crippen molar-refractivity contribution in [2.75, 3.05) is 11.9 Å². The van der Waals surface area contributed by atoms with E-state index in [1.807, 2.05) is 32.0 Å². The molecule has 0 fully saturated rings. The fraction of sp³-hybridized carbons (Fsp3) is 0.208. The van der Waals surface area contributed by atoms with Crippen molar-refractivity contribution in [3.8, 4) is 11.5 Å². The summed E-state index contributed by atoms with van der Waals surface area (Å²) in [6, 6.07) is 14.1. The lowest BCUT2D eigenvalue weighted by molar-refractivity contribution is 0.0697. The van der Waals surface area contributed by atoms with E-state index in [0.29, 0.717) is 41.3 Å². The summed E-state index contributed by atoms with van der Waals surface area (Å²) < 4.78 is 12.6. The third-order valence-corrected chi connectivity index (χ3v) is 6.22. The molecule has 0 saturated heterocycles. The van der Waals surface area contributed by atoms with Gasteiger partial charge in [0.15, 0.2) is 11.5 Å². The van der Waals surface area contributed by atoms with Crippen LogP contribution < -0.4 is 14.8 Å². The molecular formula is C24H22BrCl2NO4. The predicted molar refractivity (Wildman–Crippen MR) is 132 cm³/mol. The minimum absolute atomic E-state index is 0.234. The molecule has 0 spiro atoms. The average Bonchev–Trinajstić information content (AvgIpc) is 2.76. The number of anilines is 1. The molecule has 32 heavy (non-hydrogen) atoms. The Morgan fingerprint density at radius 1 is 1.03 bits per heavy atom. The van der Waals surface area contributed by atoms with Crippen molar-refractivity contribution in [3.05, 3.63) is 85.3 Å². The highest BCUT2D eigenvalue weighted by Gasteiger charge is 2.13. The maximum absolute atomic E-state index is 11.3. The second kappa shape index (κ2) is 10.9. The van der Waals surface area contributed by atoms with Gasteiger partial charge in [-0.3, -0.25) is 0 Å². The maximum atomic E-state index is 11.3. The molecule has 168 valence electrons. The van der Waals surface area contributed by atoms with Crippen LogP contribution in [0.3, 0.4) is 0 Å². The molecule has 5 nitrogen and oxygen atoms in total. The highest BCUT2D eigenvalue weighted by molar-refractivity contribution is 9.10. The maximum Gasteiger partial charge on any atom is 0.335 e. The SMILES string of the molecule is CCOc1cc(CNc2cc(C(=O)O)ccc2C)c(Br)cc1OCc1ccc(Cl)c(Cl)c1. The van der Waals surface area contributed by atoms with Crippen molar-refractivity contribution >= 4 is 50.8 Å². The van der Waals surface area contributed by atoms with Crippen LogP contribution in [0.5, 0.6) is 11.5 Å². The fourth-order valence-corrected chi connectivity index (χ4v) is 3.80. The summed E-state index contributed by atoms with van der Waals surface area (Å²) in [4.78, 5) is 11.3. The third kappa shape index (κ3) is 6.09. The van der Waals surface area contributed by atoms with Gasteiger partial charge in [0.05, 0.1) is 22.2 Å². The van der Waals surface area contributed by atoms with E-state index in [1.165, 1.54) is 0 Å². The Kier molecular flexibility index (Phi) is 8.29. The van der Waals surface area contributed by atoms with Crippen molar-refractivity contribution in [2.45, 2.75) is 27.0 Å². The molecule has 0 amide bonds. The molecule has 3 aromatic rings. The number of rotatable bonds is 9. The lowest BCUT2D eigenvalue weighted by atomic mass is 10.1. The van der Waals surface area contributed by atoms with E-state index in [-0.39, 0.29) is 5.56 Å². The minimum atomic E-state index is -0.962. The summed E-state index contributed by atoms with van der Waals surface area (Å²) in [6.45, 7) is 5.09. The van der Waals surface area contributed by atoms with Gasteiger partial charge in [0.2, 0.25) is 0 Å². The molecule has 0 unspecified atom stereocenters. The second-order valence-corrected chi connectivity index (χ2v) is 8.72. The van der Waals surface area contributed by atoms with Crippen LogP contribution in [0.2, 0.25) is 10.0 Å². The molecule has 0 aliphatic heterocycles. The Labute approximate surface area is 205 Å². The zero-order valence-corrected chi connectivity index (χ0v) is 20.6. The Bertz CT molecular complexity index is 1140. The van der Waals surface area contributed by atoms with E-state index in [2.05, 4.69) is 21.2 Å². The van der Waals surface area contributed by atoms with E-state index in [1.54, 1.807) is 30.3 Å². The summed E-state index contributed by atoms with van der Waals surface area (Å²) in [5.74, 6) is 0.248. The highest BCUT2D eigenvalue weighted by atomic mass is 79.9. The first-order valence-corrected chi connectivity index (χ1v) is 11.4. The lowest BCUT2D eigenvalue weighted by Gasteiger charge is -2.17. The van der Waals surface area contributed by atoms with Gasteiger partial charge in [-0.2, -0.15) is 0 Å². The standard InChI is InChI=1S/C24H22BrCl2NO4/c1-3-31-22-10-17(12-28-21-9-16(24(29)30)6-4-14(21)2)18(25)11-23(22)32-13-15-5-7-19(26)20(27)8-15/h4-11,28H,3,12-13H2,1-2H3,(H,29,30). The first-order valence-electron chi connectivity index (χ1n) is 9.88. The minimum Gasteiger partial charge on any atom is -0.490 e. The van der Waals surface area contributed by atoms with Gasteiger partial charge in [-0.1, -0.05) is 51.3 Å². The van der Waals surface area contributed by atoms with E-state index < -0.39 is 5.97 Å². The van der Waals surface area contributed by atoms with E-state index in [9.17, 15) is 9.90 Å². The highest BCUT2D eigenvalue weighted by Crippen LogP contribution is 2.35. The molecule has 2 N–H and O–H groups in total. The summed E-state index contributed by atoms with van der Waals surface area (Å²) in [5, 5.41) is 13.5. The molecule has 0 radical (unpaired) electrons. The molecule has 0 aromatic heterocycles. The molecule has 0 atom stereocenters. The molecular weight excluding hydrogens is 517 g/mol. The van der Waals surface area contributed by atoms with E-state index >= 15 is 0 Å². The van der Waals surface area contributed by atoms with Gasteiger partial charge in [0.1, 0.15) is 6.61 Å². The van der Waals surface area contributed by atoms with Gasteiger partial charge < -0.3 is 19.9 Å². The summed E-state index contributed by atoms with van der Waals surface area (Å²) in [6.07, 6.45) is 0. The molecule has 0 aliphatic rings. The van der Waals surface area contributed by atoms with Gasteiger partial charge in [0.25, 0.3) is 0 Å². The van der Waals surface area contributed by atoms with Gasteiger partial charge in [-0.25, -0.2) is 4.79 Å². The number of hydrogen-bond acceptors (Lipinski definition) is 4. The van der Waals surface area contributed by atoms with Crippen LogP contribution in [0.4, 0.5) is 5.69 Å². The molecule has 3 rings (SSSR count). The fourth-order valence-electron chi connectivity index (χ4n) is 3.02. The van der Waals surface area contributed by atoms with Gasteiger partial charge in [-0.05, 0) is 66.9 Å². The topological polar surface area (TPSA) is 67.8 Å². The normalized spacial score (nSPS) is 10.7. The first kappa shape index (κ1) is 24.2. The largest absolute Gasteiger partial charge is 0.490 e.